The summed E-state index contributed by atoms with van der Waals surface area (Å²) in [5, 5.41) is 169. The van der Waals surface area contributed by atoms with Crippen LogP contribution in [0.5, 0.6) is 0 Å². The molecular weight excluding hydrogens is 1720 g/mol. The van der Waals surface area contributed by atoms with Crippen LogP contribution in [0.15, 0.2) is 132 Å². The Kier molecular flexibility index (Phi) is 41.6. The average Bonchev–Trinajstić information content (AvgIpc) is 1.59. The normalized spacial score (nSPS) is 20.3. The van der Waals surface area contributed by atoms with Gasteiger partial charge in [-0.1, -0.05) is 85.6 Å². The van der Waals surface area contributed by atoms with Gasteiger partial charge in [0, 0.05) is 133 Å². The molecule has 12 atom stereocenters. The van der Waals surface area contributed by atoms with Crippen LogP contribution in [0.2, 0.25) is 0 Å². The van der Waals surface area contributed by atoms with Gasteiger partial charge < -0.3 is 120 Å². The zero-order chi connectivity index (χ0) is 94.1. The highest BCUT2D eigenvalue weighted by atomic mass is 32.2. The number of fused-ring (bicyclic) bond motifs is 2. The number of aryl methyl sites for hydroxylation is 1. The number of aliphatic carboxylic acids is 1. The number of nitrogens with two attached hydrogens (primary N) is 1. The number of nitrogens with one attached hydrogen (secondary N) is 10. The highest BCUT2D eigenvalue weighted by Gasteiger charge is 2.46. The van der Waals surface area contributed by atoms with Crippen molar-refractivity contribution in [1.82, 2.24) is 47.9 Å². The third-order valence-corrected chi connectivity index (χ3v) is 24.2. The van der Waals surface area contributed by atoms with E-state index in [1.165, 1.54) is 0 Å². The fraction of sp³-hybridized carbons (Fsp3) is 0.511. The third kappa shape index (κ3) is 30.2. The SMILES string of the molecule is CC1(C)C(/C=C/C2=C(c3ccc(CCC(=O)NCCCCC4NC(=O)[C@@H](Cc5ccccc5)NC(=O)[C@H](CC(=O)O)NC(=O)CNC(=O)[C@H](CCCNC(=N)N)NC4=O)cc3)C(=C/C=C3/N(CCCCSOOO)c4ccc(C(=O)NCC(O)C(O)C(O)C(O)CO)cc4C3(C)C)/CCC2)=[N+](CCCCSOO[O-])c2ccc(C(=O)NCC(O)C(O)C(O)C(O)CO)cc21. The van der Waals surface area contributed by atoms with Gasteiger partial charge in [0.2, 0.25) is 41.1 Å². The van der Waals surface area contributed by atoms with Crippen molar-refractivity contribution in [1.29, 1.82) is 5.41 Å². The number of unbranched alkanes of at least 4 members (excludes halogenated alkanes) is 3. The molecule has 4 aromatic carbocycles. The first-order valence-corrected chi connectivity index (χ1v) is 44.6. The van der Waals surface area contributed by atoms with Crippen molar-refractivity contribution in [2.75, 3.05) is 75.4 Å². The predicted molar refractivity (Wildman–Crippen MR) is 473 cm³/mol. The van der Waals surface area contributed by atoms with E-state index in [0.29, 0.717) is 87.9 Å². The predicted octanol–water partition coefficient (Wildman–Crippen LogP) is -0.0335. The van der Waals surface area contributed by atoms with Gasteiger partial charge in [-0.15, -0.1) is 4.33 Å². The number of carbonyl (C=O) groups is 9. The van der Waals surface area contributed by atoms with Gasteiger partial charge in [0.05, 0.1) is 43.8 Å². The summed E-state index contributed by atoms with van der Waals surface area (Å²) in [6, 6.07) is 21.1. The van der Waals surface area contributed by atoms with E-state index in [2.05, 4.69) is 100 Å². The summed E-state index contributed by atoms with van der Waals surface area (Å²) >= 11 is 1.79. The van der Waals surface area contributed by atoms with Crippen molar-refractivity contribution in [3.63, 3.8) is 0 Å². The summed E-state index contributed by atoms with van der Waals surface area (Å²) in [7, 11) is 0. The summed E-state index contributed by atoms with van der Waals surface area (Å²) in [5.74, 6) is -6.81. The lowest BCUT2D eigenvalue weighted by molar-refractivity contribution is -0.777. The number of carbonyl (C=O) groups excluding carboxylic acids is 8. The molecule has 1 saturated heterocycles. The molecule has 1 fully saturated rings. The molecule has 9 unspecified atom stereocenters. The molecule has 8 rings (SSSR count). The largest absolute Gasteiger partial charge is 0.691 e. The van der Waals surface area contributed by atoms with Crippen LogP contribution in [0.25, 0.3) is 5.57 Å². The van der Waals surface area contributed by atoms with Gasteiger partial charge in [-0.3, -0.25) is 53.6 Å². The topological polar surface area (TPSA) is 621 Å². The summed E-state index contributed by atoms with van der Waals surface area (Å²) < 4.78 is 11.4. The fourth-order valence-corrected chi connectivity index (χ4v) is 16.7. The molecule has 0 aromatic heterocycles. The molecule has 4 aliphatic rings. The standard InChI is InChI=1S/C88H121N13O26S2/c1-87(2)58-43-56(80(116)93-46-66(104)76(112)78(114)68(106)49-102)27-31-64(58)100(38-10-12-40-128-126-124-122)70(87)33-29-53-18-14-19-54(30-34-71-88(3,4)59-44-57(28-32-65(59)101(71)39-11-13-41-129-127-125-123)81(117)94-47-67(105)77(113)79(115)69(107)50-103)75(53)55-25-22-51(23-26-55)24-35-72(108)91-36-9-8-20-61-83(119)97-60(21-15-37-92-86(89)90)82(118)95-48-73(109)96-63(45-74(110)111)85(121)99-62(84(120)98-61)42-52-16-6-5-7-17-52/h5-7,16-17,22-23,25-34,43-44,60-63,66-69,76-79,102-107,112-115H,8-15,18-21,24,35-42,45-50H2,1-4H3,(H14-,89,90,91,92,93,94,95,96,97,98,99,108,109,110,111,116,117,118,119,120,121,122,123)/t60-,61?,62+,63-,66?,67?,68?,69?,76?,77?,78?,79?/m0/s1. The molecule has 706 valence electrons. The van der Waals surface area contributed by atoms with Crippen molar-refractivity contribution >= 4 is 106 Å². The van der Waals surface area contributed by atoms with Crippen molar-refractivity contribution in [2.45, 2.75) is 214 Å². The Bertz CT molecular complexity index is 4650. The highest BCUT2D eigenvalue weighted by molar-refractivity contribution is 7.94. The number of carboxylic acid groups (broad SMARTS) is 1. The highest BCUT2D eigenvalue weighted by Crippen LogP contribution is 2.49. The van der Waals surface area contributed by atoms with Gasteiger partial charge in [0.15, 0.2) is 11.7 Å². The summed E-state index contributed by atoms with van der Waals surface area (Å²) in [6.07, 6.45) is -1.86. The van der Waals surface area contributed by atoms with Gasteiger partial charge in [0.25, 0.3) is 11.8 Å². The fourth-order valence-electron chi connectivity index (χ4n) is 15.8. The summed E-state index contributed by atoms with van der Waals surface area (Å²) in [6.45, 7) is 5.80. The maximum atomic E-state index is 14.4. The zero-order valence-electron chi connectivity index (χ0n) is 72.4. The van der Waals surface area contributed by atoms with Crippen LogP contribution in [-0.4, -0.2) is 274 Å². The summed E-state index contributed by atoms with van der Waals surface area (Å²) in [5.41, 5.74) is 14.3. The Morgan fingerprint density at radius 3 is 1.84 bits per heavy atom. The molecule has 4 aromatic rings. The van der Waals surface area contributed by atoms with Crippen molar-refractivity contribution in [2.24, 2.45) is 5.73 Å². The van der Waals surface area contributed by atoms with E-state index in [9.17, 15) is 105 Å². The number of anilines is 1. The van der Waals surface area contributed by atoms with E-state index in [1.807, 2.05) is 64.1 Å². The first-order chi connectivity index (χ1) is 61.6. The quantitative estimate of drug-likeness (QED) is 0.00525. The van der Waals surface area contributed by atoms with E-state index in [1.54, 1.807) is 54.6 Å². The number of rotatable bonds is 48. The van der Waals surface area contributed by atoms with Crippen LogP contribution in [0.3, 0.4) is 0 Å². The van der Waals surface area contributed by atoms with Crippen LogP contribution >= 0.6 is 24.1 Å². The first kappa shape index (κ1) is 104. The van der Waals surface area contributed by atoms with Crippen molar-refractivity contribution in [3.05, 3.63) is 171 Å². The second kappa shape index (κ2) is 51.5. The Hall–Kier alpha value is -10.1. The Morgan fingerprint density at radius 2 is 1.21 bits per heavy atom. The number of carboxylic acids is 1. The molecule has 0 spiro atoms. The number of allylic oxidation sites excluding steroid dienone is 8. The molecule has 41 heteroatoms. The lowest BCUT2D eigenvalue weighted by Crippen LogP contribution is -2.58. The Labute approximate surface area is 755 Å². The second-order valence-corrected chi connectivity index (χ2v) is 34.5. The molecule has 1 aliphatic carbocycles. The summed E-state index contributed by atoms with van der Waals surface area (Å²) in [4.78, 5) is 125. The van der Waals surface area contributed by atoms with Gasteiger partial charge in [-0.05, 0) is 166 Å². The number of hydrogen-bond acceptors (Lipinski definition) is 29. The second-order valence-electron chi connectivity index (χ2n) is 32.9. The van der Waals surface area contributed by atoms with E-state index in [4.69, 9.17) is 16.4 Å². The van der Waals surface area contributed by atoms with Crippen LogP contribution in [0.1, 0.15) is 166 Å². The third-order valence-electron chi connectivity index (χ3n) is 22.9. The van der Waals surface area contributed by atoms with E-state index >= 15 is 0 Å². The lowest BCUT2D eigenvalue weighted by atomic mass is 9.79. The molecule has 3 heterocycles. The van der Waals surface area contributed by atoms with Crippen molar-refractivity contribution < 1.29 is 133 Å². The lowest BCUT2D eigenvalue weighted by Gasteiger charge is -2.28. The number of nitrogens with zero attached hydrogens (tertiary/aromatic N) is 2. The Morgan fingerprint density at radius 1 is 0.628 bits per heavy atom. The number of guanidine groups is 1. The smallest absolute Gasteiger partial charge is 0.305 e. The van der Waals surface area contributed by atoms with Gasteiger partial charge in [-0.25, -0.2) is 5.26 Å². The molecule has 3 aliphatic heterocycles. The van der Waals surface area contributed by atoms with Gasteiger partial charge in [0.1, 0.15) is 67.3 Å². The number of amides is 8. The van der Waals surface area contributed by atoms with E-state index < -0.39 is 170 Å². The average molecular weight is 1840 g/mol. The minimum Gasteiger partial charge on any atom is -0.691 e. The van der Waals surface area contributed by atoms with Gasteiger partial charge in [-0.2, -0.15) is 8.91 Å². The molecular formula is C88H121N13O26S2. The minimum absolute atomic E-state index is 0.0312. The molecule has 8 amide bonds. The minimum atomic E-state index is -1.92. The van der Waals surface area contributed by atoms with E-state index in [-0.39, 0.29) is 74.6 Å². The molecule has 0 bridgehead atoms. The van der Waals surface area contributed by atoms with Crippen molar-refractivity contribution in [3.8, 4) is 0 Å². The van der Waals surface area contributed by atoms with Crippen LogP contribution in [-0.2, 0) is 76.0 Å². The van der Waals surface area contributed by atoms with E-state index in [0.717, 1.165) is 85.8 Å². The maximum absolute atomic E-state index is 14.4. The van der Waals surface area contributed by atoms with Crippen LogP contribution in [0, 0.1) is 5.41 Å². The maximum Gasteiger partial charge on any atom is 0.305 e. The Balaban J connectivity index is 1.10. The number of aliphatic hydroxyl groups excluding tert-OH is 10. The zero-order valence-corrected chi connectivity index (χ0v) is 74.0. The number of hydrogen-bond donors (Lipinski definition) is 23. The van der Waals surface area contributed by atoms with Crippen LogP contribution < -0.4 is 63.7 Å². The monoisotopic (exact) mass is 1840 g/mol. The number of benzene rings is 4. The molecule has 129 heavy (non-hydrogen) atoms. The molecule has 0 saturated carbocycles. The molecule has 24 N–H and O–H groups in total. The molecule has 0 radical (unpaired) electrons. The van der Waals surface area contributed by atoms with Gasteiger partial charge >= 0.3 is 5.97 Å². The first-order valence-electron chi connectivity index (χ1n) is 42.8. The molecule has 39 nitrogen and oxygen atoms in total. The van der Waals surface area contributed by atoms with Crippen LogP contribution in [0.4, 0.5) is 11.4 Å². The number of aliphatic hydroxyl groups is 10.